The summed E-state index contributed by atoms with van der Waals surface area (Å²) in [6.45, 7) is 5.72. The summed E-state index contributed by atoms with van der Waals surface area (Å²) in [4.78, 5) is 4.50. The molecule has 4 nitrogen and oxygen atoms in total. The zero-order valence-corrected chi connectivity index (χ0v) is 9.86. The van der Waals surface area contributed by atoms with E-state index in [1.165, 1.54) is 11.1 Å². The van der Waals surface area contributed by atoms with Crippen molar-refractivity contribution in [2.45, 2.75) is 26.3 Å². The Morgan fingerprint density at radius 1 is 1.56 bits per heavy atom. The molecule has 0 aromatic carbocycles. The Bertz CT molecular complexity index is 361. The lowest BCUT2D eigenvalue weighted by Gasteiger charge is -2.22. The van der Waals surface area contributed by atoms with Crippen molar-refractivity contribution in [2.24, 2.45) is 11.8 Å². The van der Waals surface area contributed by atoms with Crippen LogP contribution in [0.3, 0.4) is 0 Å². The Labute approximate surface area is 96.2 Å². The maximum absolute atomic E-state index is 5.65. The second kappa shape index (κ2) is 4.91. The molecule has 2 unspecified atom stereocenters. The molecule has 2 atom stereocenters. The van der Waals surface area contributed by atoms with Crippen LogP contribution in [0.15, 0.2) is 12.3 Å². The smallest absolute Gasteiger partial charge is 0.0685 e. The lowest BCUT2D eigenvalue weighted by Crippen LogP contribution is -2.35. The molecule has 2 rings (SSSR count). The van der Waals surface area contributed by atoms with Gasteiger partial charge < -0.3 is 4.74 Å². The third-order valence-electron chi connectivity index (χ3n) is 3.17. The fraction of sp³-hybridized carbons (Fsp3) is 0.583. The number of rotatable bonds is 3. The molecule has 4 heteroatoms. The van der Waals surface area contributed by atoms with Crippen LogP contribution in [0.5, 0.6) is 0 Å². The van der Waals surface area contributed by atoms with Crippen molar-refractivity contribution in [2.75, 3.05) is 13.2 Å². The molecule has 1 fully saturated rings. The van der Waals surface area contributed by atoms with Crippen LogP contribution in [0, 0.1) is 19.8 Å². The van der Waals surface area contributed by atoms with Gasteiger partial charge in [-0.15, -0.1) is 0 Å². The van der Waals surface area contributed by atoms with E-state index in [-0.39, 0.29) is 6.04 Å². The Morgan fingerprint density at radius 2 is 2.38 bits per heavy atom. The van der Waals surface area contributed by atoms with Crippen LogP contribution in [0.2, 0.25) is 0 Å². The van der Waals surface area contributed by atoms with E-state index in [1.807, 2.05) is 13.1 Å². The molecule has 0 amide bonds. The normalized spacial score (nSPS) is 22.3. The van der Waals surface area contributed by atoms with Crippen LogP contribution in [0.4, 0.5) is 0 Å². The molecule has 88 valence electrons. The number of hydrazine groups is 1. The number of hydrogen-bond acceptors (Lipinski definition) is 4. The molecule has 0 saturated carbocycles. The van der Waals surface area contributed by atoms with Crippen molar-refractivity contribution >= 4 is 0 Å². The third-order valence-corrected chi connectivity index (χ3v) is 3.17. The third kappa shape index (κ3) is 2.24. The van der Waals surface area contributed by atoms with Crippen LogP contribution in [0.25, 0.3) is 0 Å². The largest absolute Gasteiger partial charge is 0.381 e. The number of nitrogens with one attached hydrogen (secondary N) is 1. The minimum atomic E-state index is 0.100. The molecule has 1 aliphatic rings. The first-order valence-corrected chi connectivity index (χ1v) is 5.69. The van der Waals surface area contributed by atoms with Gasteiger partial charge in [-0.05, 0) is 31.4 Å². The van der Waals surface area contributed by atoms with Crippen LogP contribution in [-0.2, 0) is 4.74 Å². The van der Waals surface area contributed by atoms with Gasteiger partial charge in [0, 0.05) is 18.7 Å². The first-order chi connectivity index (χ1) is 7.72. The van der Waals surface area contributed by atoms with Crippen LogP contribution >= 0.6 is 0 Å². The summed E-state index contributed by atoms with van der Waals surface area (Å²) in [6, 6.07) is 2.24. The first kappa shape index (κ1) is 11.5. The van der Waals surface area contributed by atoms with Gasteiger partial charge in [0.1, 0.15) is 0 Å². The molecule has 1 saturated heterocycles. The second-order valence-electron chi connectivity index (χ2n) is 4.48. The molecule has 16 heavy (non-hydrogen) atoms. The lowest BCUT2D eigenvalue weighted by molar-refractivity contribution is 0.176. The van der Waals surface area contributed by atoms with Gasteiger partial charge in [0.15, 0.2) is 0 Å². The lowest BCUT2D eigenvalue weighted by atomic mass is 9.94. The van der Waals surface area contributed by atoms with Crippen molar-refractivity contribution in [1.29, 1.82) is 0 Å². The van der Waals surface area contributed by atoms with Gasteiger partial charge >= 0.3 is 0 Å². The highest BCUT2D eigenvalue weighted by molar-refractivity contribution is 5.26. The molecule has 1 aromatic rings. The quantitative estimate of drug-likeness (QED) is 0.595. The van der Waals surface area contributed by atoms with E-state index in [1.54, 1.807) is 0 Å². The zero-order valence-electron chi connectivity index (χ0n) is 9.86. The summed E-state index contributed by atoms with van der Waals surface area (Å²) in [5, 5.41) is 0. The number of ether oxygens (including phenoxy) is 1. The van der Waals surface area contributed by atoms with Crippen molar-refractivity contribution in [1.82, 2.24) is 10.4 Å². The summed E-state index contributed by atoms with van der Waals surface area (Å²) >= 11 is 0. The maximum atomic E-state index is 5.65. The Hall–Kier alpha value is -0.970. The molecule has 1 aliphatic heterocycles. The molecule has 2 heterocycles. The summed E-state index contributed by atoms with van der Waals surface area (Å²) in [5.74, 6) is 6.08. The van der Waals surface area contributed by atoms with Gasteiger partial charge in [-0.3, -0.25) is 16.3 Å². The van der Waals surface area contributed by atoms with Gasteiger partial charge in [0.25, 0.3) is 0 Å². The number of aryl methyl sites for hydroxylation is 2. The number of nitrogens with zero attached hydrogens (tertiary/aromatic N) is 1. The van der Waals surface area contributed by atoms with Crippen LogP contribution < -0.4 is 11.3 Å². The molecular weight excluding hydrogens is 202 g/mol. The highest BCUT2D eigenvalue weighted by atomic mass is 16.5. The minimum absolute atomic E-state index is 0.100. The summed E-state index contributed by atoms with van der Waals surface area (Å²) in [7, 11) is 0. The average Bonchev–Trinajstić information content (AvgIpc) is 2.75. The maximum Gasteiger partial charge on any atom is 0.0685 e. The van der Waals surface area contributed by atoms with Gasteiger partial charge in [-0.1, -0.05) is 6.07 Å². The van der Waals surface area contributed by atoms with E-state index in [9.17, 15) is 0 Å². The highest BCUT2D eigenvalue weighted by Gasteiger charge is 2.28. The summed E-state index contributed by atoms with van der Waals surface area (Å²) in [5.41, 5.74) is 6.29. The fourth-order valence-corrected chi connectivity index (χ4v) is 2.31. The molecule has 1 aromatic heterocycles. The number of pyridine rings is 1. The summed E-state index contributed by atoms with van der Waals surface area (Å²) in [6.07, 6.45) is 2.94. The van der Waals surface area contributed by atoms with Gasteiger partial charge in [-0.2, -0.15) is 0 Å². The predicted octanol–water partition coefficient (Wildman–Crippen LogP) is 1.24. The number of aromatic nitrogens is 1. The Morgan fingerprint density at radius 3 is 2.94 bits per heavy atom. The standard InChI is InChI=1S/C12H19N3O/c1-8-5-9(2)11(14-6-8)12(15-13)10-3-4-16-7-10/h5-6,10,12,15H,3-4,7,13H2,1-2H3. The fourth-order valence-electron chi connectivity index (χ4n) is 2.31. The number of nitrogens with two attached hydrogens (primary N) is 1. The van der Waals surface area contributed by atoms with E-state index in [2.05, 4.69) is 23.4 Å². The van der Waals surface area contributed by atoms with Crippen molar-refractivity contribution in [3.63, 3.8) is 0 Å². The summed E-state index contributed by atoms with van der Waals surface area (Å²) < 4.78 is 5.40. The average molecular weight is 221 g/mol. The van der Waals surface area contributed by atoms with E-state index in [0.717, 1.165) is 25.3 Å². The molecule has 0 radical (unpaired) electrons. The van der Waals surface area contributed by atoms with Crippen LogP contribution in [0.1, 0.15) is 29.3 Å². The Balaban J connectivity index is 2.25. The van der Waals surface area contributed by atoms with Crippen molar-refractivity contribution in [3.8, 4) is 0 Å². The molecule has 0 aliphatic carbocycles. The molecular formula is C12H19N3O. The zero-order chi connectivity index (χ0) is 11.5. The molecule has 0 bridgehead atoms. The van der Waals surface area contributed by atoms with E-state index in [4.69, 9.17) is 10.6 Å². The highest BCUT2D eigenvalue weighted by Crippen LogP contribution is 2.28. The number of hydrogen-bond donors (Lipinski definition) is 2. The van der Waals surface area contributed by atoms with E-state index < -0.39 is 0 Å². The minimum Gasteiger partial charge on any atom is -0.381 e. The molecule has 3 N–H and O–H groups in total. The van der Waals surface area contributed by atoms with E-state index >= 15 is 0 Å². The predicted molar refractivity (Wildman–Crippen MR) is 62.7 cm³/mol. The van der Waals surface area contributed by atoms with E-state index in [0.29, 0.717) is 5.92 Å². The van der Waals surface area contributed by atoms with Gasteiger partial charge in [0.05, 0.1) is 18.3 Å². The van der Waals surface area contributed by atoms with Crippen molar-refractivity contribution in [3.05, 3.63) is 29.1 Å². The monoisotopic (exact) mass is 221 g/mol. The van der Waals surface area contributed by atoms with Crippen LogP contribution in [-0.4, -0.2) is 18.2 Å². The second-order valence-corrected chi connectivity index (χ2v) is 4.48. The van der Waals surface area contributed by atoms with Gasteiger partial charge in [-0.25, -0.2) is 0 Å². The topological polar surface area (TPSA) is 60.2 Å². The SMILES string of the molecule is Cc1cnc(C(NN)C2CCOC2)c(C)c1. The van der Waals surface area contributed by atoms with Gasteiger partial charge in [0.2, 0.25) is 0 Å². The van der Waals surface area contributed by atoms with Crippen molar-refractivity contribution < 1.29 is 4.74 Å². The first-order valence-electron chi connectivity index (χ1n) is 5.69. The Kier molecular flexibility index (Phi) is 3.53. The molecule has 0 spiro atoms.